The first-order chi connectivity index (χ1) is 13.2. The third-order valence-corrected chi connectivity index (χ3v) is 6.28. The van der Waals surface area contributed by atoms with Crippen molar-refractivity contribution in [3.63, 3.8) is 0 Å². The van der Waals surface area contributed by atoms with Crippen molar-refractivity contribution in [1.29, 1.82) is 0 Å². The summed E-state index contributed by atoms with van der Waals surface area (Å²) < 4.78 is 15.7. The second-order valence-corrected chi connectivity index (χ2v) is 8.32. The van der Waals surface area contributed by atoms with Crippen LogP contribution in [0, 0.1) is 5.82 Å². The van der Waals surface area contributed by atoms with E-state index in [1.54, 1.807) is 24.4 Å². The van der Waals surface area contributed by atoms with E-state index in [9.17, 15) is 9.18 Å². The second-order valence-electron chi connectivity index (χ2n) is 5.98. The number of nitrogens with one attached hydrogen (secondary N) is 2. The van der Waals surface area contributed by atoms with Gasteiger partial charge in [-0.3, -0.25) is 0 Å². The van der Waals surface area contributed by atoms with Crippen molar-refractivity contribution in [3.05, 3.63) is 90.1 Å². The molecule has 0 atom stereocenters. The van der Waals surface area contributed by atoms with Crippen LogP contribution in [0.1, 0.15) is 16.1 Å². The van der Waals surface area contributed by atoms with Crippen LogP contribution in [-0.2, 0) is 6.54 Å². The summed E-state index contributed by atoms with van der Waals surface area (Å²) >= 11 is -0.0384. The molecule has 2 aromatic heterocycles. The summed E-state index contributed by atoms with van der Waals surface area (Å²) in [6.45, 7) is 0.386. The zero-order chi connectivity index (χ0) is 18.6. The van der Waals surface area contributed by atoms with Crippen molar-refractivity contribution in [1.82, 2.24) is 15.3 Å². The molecule has 0 saturated carbocycles. The zero-order valence-electron chi connectivity index (χ0n) is 14.3. The molecule has 4 rings (SSSR count). The number of amides is 1. The molecular weight excluding hydrogens is 408 g/mol. The molecule has 134 valence electrons. The average Bonchev–Trinajstić information content (AvgIpc) is 3.09. The van der Waals surface area contributed by atoms with E-state index < -0.39 is 0 Å². The van der Waals surface area contributed by atoms with E-state index in [2.05, 4.69) is 15.3 Å². The molecule has 1 amide bonds. The van der Waals surface area contributed by atoms with Gasteiger partial charge in [0.1, 0.15) is 0 Å². The number of H-pyrrole nitrogens is 1. The van der Waals surface area contributed by atoms with Gasteiger partial charge in [0.25, 0.3) is 0 Å². The second kappa shape index (κ2) is 7.74. The van der Waals surface area contributed by atoms with Crippen molar-refractivity contribution >= 4 is 40.7 Å². The third kappa shape index (κ3) is 4.08. The minimum atomic E-state index is -0.248. The number of carbonyl (C=O) groups is 1. The Morgan fingerprint density at radius 2 is 2.04 bits per heavy atom. The zero-order valence-corrected chi connectivity index (χ0v) is 16.0. The first-order valence-electron chi connectivity index (χ1n) is 8.42. The first kappa shape index (κ1) is 17.5. The van der Waals surface area contributed by atoms with Gasteiger partial charge in [0.15, 0.2) is 0 Å². The molecule has 2 N–H and O–H groups in total. The third-order valence-electron chi connectivity index (χ3n) is 4.09. The van der Waals surface area contributed by atoms with Gasteiger partial charge in [-0.2, -0.15) is 0 Å². The van der Waals surface area contributed by atoms with Crippen LogP contribution in [0.5, 0.6) is 0 Å². The Kier molecular flexibility index (Phi) is 5.01. The molecule has 4 aromatic rings. The van der Waals surface area contributed by atoms with E-state index in [0.29, 0.717) is 12.1 Å². The summed E-state index contributed by atoms with van der Waals surface area (Å²) in [6.07, 6.45) is 3.62. The van der Waals surface area contributed by atoms with Gasteiger partial charge in [0.05, 0.1) is 0 Å². The Morgan fingerprint density at radius 1 is 1.11 bits per heavy atom. The summed E-state index contributed by atoms with van der Waals surface area (Å²) in [6, 6.07) is 17.9. The molecule has 27 heavy (non-hydrogen) atoms. The molecule has 0 bridgehead atoms. The van der Waals surface area contributed by atoms with Crippen LogP contribution >= 0.6 is 0 Å². The van der Waals surface area contributed by atoms with Gasteiger partial charge >= 0.3 is 162 Å². The molecule has 4 nitrogen and oxygen atoms in total. The van der Waals surface area contributed by atoms with Crippen molar-refractivity contribution in [2.75, 3.05) is 0 Å². The van der Waals surface area contributed by atoms with Crippen LogP contribution in [-0.4, -0.2) is 30.8 Å². The molecular formula is C21H16FN3OSe. The first-order valence-corrected chi connectivity index (χ1v) is 10.1. The Hall–Kier alpha value is -2.95. The fourth-order valence-electron chi connectivity index (χ4n) is 2.76. The molecule has 0 aliphatic heterocycles. The Balaban J connectivity index is 1.50. The Morgan fingerprint density at radius 3 is 2.89 bits per heavy atom. The van der Waals surface area contributed by atoms with Gasteiger partial charge < -0.3 is 0 Å². The summed E-state index contributed by atoms with van der Waals surface area (Å²) in [5.74, 6) is -0.384. The maximum absolute atomic E-state index is 13.6. The van der Waals surface area contributed by atoms with Crippen LogP contribution in [0.15, 0.2) is 73.1 Å². The average molecular weight is 424 g/mol. The van der Waals surface area contributed by atoms with E-state index in [4.69, 9.17) is 0 Å². The van der Waals surface area contributed by atoms with Gasteiger partial charge in [-0.15, -0.1) is 0 Å². The molecule has 0 aliphatic rings. The summed E-state index contributed by atoms with van der Waals surface area (Å²) in [7, 11) is 0. The predicted molar refractivity (Wildman–Crippen MR) is 105 cm³/mol. The predicted octanol–water partition coefficient (Wildman–Crippen LogP) is 2.29. The van der Waals surface area contributed by atoms with Gasteiger partial charge in [-0.05, 0) is 0 Å². The van der Waals surface area contributed by atoms with Gasteiger partial charge in [-0.1, -0.05) is 0 Å². The normalized spacial score (nSPS) is 10.9. The number of aromatic nitrogens is 2. The minimum absolute atomic E-state index is 0.0384. The van der Waals surface area contributed by atoms with Crippen LogP contribution in [0.2, 0.25) is 0 Å². The standard InChI is InChI=1S/C21H16FN3OSe/c22-15-7-8-19-18(11-15)20(13-24-19)27-17-6-3-4-14(10-17)21(26)25-12-16-5-1-2-9-23-16/h1-11,13,24H,12H2,(H,25,26). The van der Waals surface area contributed by atoms with Gasteiger partial charge in [0.2, 0.25) is 0 Å². The number of pyridine rings is 1. The fraction of sp³-hybridized carbons (Fsp3) is 0.0476. The van der Waals surface area contributed by atoms with Crippen molar-refractivity contribution in [3.8, 4) is 0 Å². The number of fused-ring (bicyclic) bond motifs is 1. The summed E-state index contributed by atoms with van der Waals surface area (Å²) in [4.78, 5) is 19.8. The van der Waals surface area contributed by atoms with Crippen LogP contribution in [0.3, 0.4) is 0 Å². The van der Waals surface area contributed by atoms with Crippen LogP contribution in [0.25, 0.3) is 10.9 Å². The summed E-state index contributed by atoms with van der Waals surface area (Å²) in [5, 5.41) is 3.78. The number of nitrogens with zero attached hydrogens (tertiary/aromatic N) is 1. The quantitative estimate of drug-likeness (QED) is 0.483. The molecule has 0 saturated heterocycles. The van der Waals surface area contributed by atoms with Crippen molar-refractivity contribution < 1.29 is 9.18 Å². The molecule has 0 fully saturated rings. The molecule has 0 unspecified atom stereocenters. The maximum atomic E-state index is 13.6. The topological polar surface area (TPSA) is 57.8 Å². The molecule has 0 radical (unpaired) electrons. The Bertz CT molecular complexity index is 1090. The van der Waals surface area contributed by atoms with E-state index >= 15 is 0 Å². The van der Waals surface area contributed by atoms with Crippen LogP contribution in [0.4, 0.5) is 4.39 Å². The SMILES string of the molecule is O=C(NCc1ccccn1)c1cccc([Se]c2c[nH]c3ccc(F)cc23)c1. The van der Waals surface area contributed by atoms with Gasteiger partial charge in [0, 0.05) is 0 Å². The number of rotatable bonds is 5. The molecule has 2 aromatic carbocycles. The van der Waals surface area contributed by atoms with Crippen molar-refractivity contribution in [2.24, 2.45) is 0 Å². The summed E-state index contributed by atoms with van der Waals surface area (Å²) in [5.41, 5.74) is 2.33. The van der Waals surface area contributed by atoms with Crippen LogP contribution < -0.4 is 14.2 Å². The number of aromatic amines is 1. The number of hydrogen-bond acceptors (Lipinski definition) is 2. The molecule has 2 heterocycles. The van der Waals surface area contributed by atoms with E-state index in [1.165, 1.54) is 6.07 Å². The molecule has 6 heteroatoms. The van der Waals surface area contributed by atoms with Crippen molar-refractivity contribution in [2.45, 2.75) is 6.54 Å². The number of benzene rings is 2. The van der Waals surface area contributed by atoms with Gasteiger partial charge in [-0.25, -0.2) is 0 Å². The molecule has 0 spiro atoms. The number of hydrogen-bond donors (Lipinski definition) is 2. The van der Waals surface area contributed by atoms with E-state index in [-0.39, 0.29) is 26.7 Å². The number of carbonyl (C=O) groups excluding carboxylic acids is 1. The fourth-order valence-corrected chi connectivity index (χ4v) is 4.82. The van der Waals surface area contributed by atoms with E-state index in [0.717, 1.165) is 25.5 Å². The molecule has 0 aliphatic carbocycles. The monoisotopic (exact) mass is 425 g/mol. The Labute approximate surface area is 162 Å². The van der Waals surface area contributed by atoms with E-state index in [1.807, 2.05) is 42.6 Å². The number of halogens is 1.